The quantitative estimate of drug-likeness (QED) is 0.559. The van der Waals surface area contributed by atoms with E-state index in [0.29, 0.717) is 11.5 Å². The molecule has 7 heteroatoms. The topological polar surface area (TPSA) is 103 Å². The van der Waals surface area contributed by atoms with Crippen molar-refractivity contribution in [3.8, 4) is 11.5 Å². The molecule has 2 rings (SSSR count). The number of hydrogen-bond donors (Lipinski definition) is 2. The number of ether oxygens (including phenoxy) is 2. The van der Waals surface area contributed by atoms with Crippen molar-refractivity contribution in [1.29, 1.82) is 0 Å². The lowest BCUT2D eigenvalue weighted by Gasteiger charge is -2.04. The lowest BCUT2D eigenvalue weighted by atomic mass is 10.2. The van der Waals surface area contributed by atoms with Crippen molar-refractivity contribution in [2.75, 3.05) is 13.2 Å². The molecule has 0 unspecified atom stereocenters. The minimum absolute atomic E-state index is 0.124. The molecule has 0 aliphatic carbocycles. The number of primary amides is 1. The minimum Gasteiger partial charge on any atom is -0.484 e. The highest BCUT2D eigenvalue weighted by Gasteiger charge is 2.01. The molecule has 0 radical (unpaired) electrons. The van der Waals surface area contributed by atoms with Gasteiger partial charge < -0.3 is 15.2 Å². The Morgan fingerprint density at radius 3 is 2.25 bits per heavy atom. The molecule has 7 nitrogen and oxygen atoms in total. The Morgan fingerprint density at radius 2 is 1.58 bits per heavy atom. The van der Waals surface area contributed by atoms with Crippen molar-refractivity contribution in [3.05, 3.63) is 60.2 Å². The summed E-state index contributed by atoms with van der Waals surface area (Å²) in [5.41, 5.74) is 8.11. The Balaban J connectivity index is 1.74. The summed E-state index contributed by atoms with van der Waals surface area (Å²) in [5, 5.41) is 3.84. The van der Waals surface area contributed by atoms with Crippen molar-refractivity contribution >= 4 is 18.0 Å². The number of nitrogens with two attached hydrogens (primary N) is 1. The molecule has 0 fully saturated rings. The summed E-state index contributed by atoms with van der Waals surface area (Å²) in [6.45, 7) is -0.299. The van der Waals surface area contributed by atoms with Crippen LogP contribution >= 0.6 is 0 Å². The molecule has 2 amide bonds. The first-order chi connectivity index (χ1) is 11.6. The monoisotopic (exact) mass is 327 g/mol. The first-order valence-corrected chi connectivity index (χ1v) is 7.14. The van der Waals surface area contributed by atoms with Gasteiger partial charge in [-0.1, -0.05) is 18.2 Å². The number of nitrogens with one attached hydrogen (secondary N) is 1. The highest BCUT2D eigenvalue weighted by molar-refractivity contribution is 5.83. The lowest BCUT2D eigenvalue weighted by Crippen LogP contribution is -2.24. The van der Waals surface area contributed by atoms with E-state index < -0.39 is 5.91 Å². The molecular formula is C17H17N3O4. The fraction of sp³-hybridized carbons (Fsp3) is 0.118. The summed E-state index contributed by atoms with van der Waals surface area (Å²) in [5.74, 6) is 0.229. The molecule has 0 bridgehead atoms. The van der Waals surface area contributed by atoms with Gasteiger partial charge in [0.05, 0.1) is 6.21 Å². The SMILES string of the molecule is NC(=O)COc1ccc(/C=N/NC(=O)COc2ccccc2)cc1. The van der Waals surface area contributed by atoms with Crippen molar-refractivity contribution in [2.24, 2.45) is 10.8 Å². The van der Waals surface area contributed by atoms with Gasteiger partial charge in [-0.15, -0.1) is 0 Å². The van der Waals surface area contributed by atoms with E-state index in [0.717, 1.165) is 5.56 Å². The van der Waals surface area contributed by atoms with Crippen LogP contribution in [0, 0.1) is 0 Å². The second-order valence-corrected chi connectivity index (χ2v) is 4.72. The van der Waals surface area contributed by atoms with Crippen LogP contribution < -0.4 is 20.6 Å². The van der Waals surface area contributed by atoms with E-state index in [4.69, 9.17) is 15.2 Å². The van der Waals surface area contributed by atoms with Crippen LogP contribution in [0.5, 0.6) is 11.5 Å². The van der Waals surface area contributed by atoms with Crippen LogP contribution in [0.15, 0.2) is 59.7 Å². The van der Waals surface area contributed by atoms with Gasteiger partial charge in [-0.2, -0.15) is 5.10 Å². The maximum Gasteiger partial charge on any atom is 0.277 e. The van der Waals surface area contributed by atoms with E-state index in [1.807, 2.05) is 18.2 Å². The largest absolute Gasteiger partial charge is 0.484 e. The molecule has 2 aromatic carbocycles. The van der Waals surface area contributed by atoms with Crippen LogP contribution in [-0.2, 0) is 9.59 Å². The van der Waals surface area contributed by atoms with E-state index in [2.05, 4.69) is 10.5 Å². The smallest absolute Gasteiger partial charge is 0.277 e. The summed E-state index contributed by atoms with van der Waals surface area (Å²) in [6.07, 6.45) is 1.48. The molecule has 124 valence electrons. The molecule has 0 aliphatic heterocycles. The number of carbonyl (C=O) groups excluding carboxylic acids is 2. The maximum atomic E-state index is 11.6. The predicted molar refractivity (Wildman–Crippen MR) is 88.8 cm³/mol. The van der Waals surface area contributed by atoms with Crippen molar-refractivity contribution in [3.63, 3.8) is 0 Å². The number of hydrazone groups is 1. The van der Waals surface area contributed by atoms with Gasteiger partial charge in [0.2, 0.25) is 0 Å². The number of rotatable bonds is 8. The molecule has 2 aromatic rings. The molecular weight excluding hydrogens is 310 g/mol. The van der Waals surface area contributed by atoms with Gasteiger partial charge in [-0.05, 0) is 42.0 Å². The van der Waals surface area contributed by atoms with Crippen LogP contribution in [0.2, 0.25) is 0 Å². The zero-order chi connectivity index (χ0) is 17.2. The van der Waals surface area contributed by atoms with Crippen LogP contribution in [-0.4, -0.2) is 31.2 Å². The standard InChI is InChI=1S/C17H17N3O4/c18-16(21)11-23-15-8-6-13(7-9-15)10-19-20-17(22)12-24-14-4-2-1-3-5-14/h1-10H,11-12H2,(H2,18,21)(H,20,22)/b19-10+. The minimum atomic E-state index is -0.541. The number of amides is 2. The van der Waals surface area contributed by atoms with E-state index in [1.165, 1.54) is 6.21 Å². The first kappa shape index (κ1) is 17.0. The van der Waals surface area contributed by atoms with Gasteiger partial charge in [0.25, 0.3) is 11.8 Å². The fourth-order valence-electron chi connectivity index (χ4n) is 1.68. The summed E-state index contributed by atoms with van der Waals surface area (Å²) in [6, 6.07) is 15.8. The molecule has 0 atom stereocenters. The fourth-order valence-corrected chi connectivity index (χ4v) is 1.68. The normalized spacial score (nSPS) is 10.3. The number of carbonyl (C=O) groups is 2. The van der Waals surface area contributed by atoms with Crippen molar-refractivity contribution < 1.29 is 19.1 Å². The third-order valence-electron chi connectivity index (χ3n) is 2.78. The van der Waals surface area contributed by atoms with Crippen LogP contribution in [0.3, 0.4) is 0 Å². The first-order valence-electron chi connectivity index (χ1n) is 7.14. The van der Waals surface area contributed by atoms with Gasteiger partial charge in [0, 0.05) is 0 Å². The van der Waals surface area contributed by atoms with E-state index in [1.54, 1.807) is 36.4 Å². The molecule has 24 heavy (non-hydrogen) atoms. The van der Waals surface area contributed by atoms with Crippen LogP contribution in [0.4, 0.5) is 0 Å². The summed E-state index contributed by atoms with van der Waals surface area (Å²) in [7, 11) is 0. The second-order valence-electron chi connectivity index (χ2n) is 4.72. The second kappa shape index (κ2) is 8.94. The van der Waals surface area contributed by atoms with Crippen molar-refractivity contribution in [2.45, 2.75) is 0 Å². The molecule has 0 saturated heterocycles. The molecule has 0 heterocycles. The van der Waals surface area contributed by atoms with E-state index in [-0.39, 0.29) is 19.1 Å². The van der Waals surface area contributed by atoms with E-state index >= 15 is 0 Å². The lowest BCUT2D eigenvalue weighted by molar-refractivity contribution is -0.123. The molecule has 0 aromatic heterocycles. The highest BCUT2D eigenvalue weighted by Crippen LogP contribution is 2.10. The van der Waals surface area contributed by atoms with Gasteiger partial charge in [-0.3, -0.25) is 9.59 Å². The van der Waals surface area contributed by atoms with Gasteiger partial charge in [-0.25, -0.2) is 5.43 Å². The Hall–Kier alpha value is -3.35. The zero-order valence-corrected chi connectivity index (χ0v) is 12.8. The summed E-state index contributed by atoms with van der Waals surface area (Å²) in [4.78, 5) is 22.2. The average molecular weight is 327 g/mol. The Kier molecular flexibility index (Phi) is 6.34. The van der Waals surface area contributed by atoms with Gasteiger partial charge in [0.15, 0.2) is 13.2 Å². The van der Waals surface area contributed by atoms with Crippen molar-refractivity contribution in [1.82, 2.24) is 5.43 Å². The summed E-state index contributed by atoms with van der Waals surface area (Å²) >= 11 is 0. The number of para-hydroxylation sites is 1. The Morgan fingerprint density at radius 1 is 0.958 bits per heavy atom. The third kappa shape index (κ3) is 6.18. The Labute approximate surface area is 139 Å². The zero-order valence-electron chi connectivity index (χ0n) is 12.8. The third-order valence-corrected chi connectivity index (χ3v) is 2.78. The number of benzene rings is 2. The summed E-state index contributed by atoms with van der Waals surface area (Å²) < 4.78 is 10.4. The molecule has 3 N–H and O–H groups in total. The molecule has 0 spiro atoms. The van der Waals surface area contributed by atoms with E-state index in [9.17, 15) is 9.59 Å². The number of hydrogen-bond acceptors (Lipinski definition) is 5. The maximum absolute atomic E-state index is 11.6. The average Bonchev–Trinajstić information content (AvgIpc) is 2.60. The van der Waals surface area contributed by atoms with Crippen LogP contribution in [0.25, 0.3) is 0 Å². The molecule has 0 aliphatic rings. The number of nitrogens with zero attached hydrogens (tertiary/aromatic N) is 1. The predicted octanol–water partition coefficient (Wildman–Crippen LogP) is 1.08. The van der Waals surface area contributed by atoms with Crippen LogP contribution in [0.1, 0.15) is 5.56 Å². The van der Waals surface area contributed by atoms with Gasteiger partial charge >= 0.3 is 0 Å². The highest BCUT2D eigenvalue weighted by atomic mass is 16.5. The molecule has 0 saturated carbocycles. The van der Waals surface area contributed by atoms with Gasteiger partial charge in [0.1, 0.15) is 11.5 Å². The Bertz CT molecular complexity index is 700.